The number of carboxylic acids is 1. The van der Waals surface area contributed by atoms with E-state index in [1.54, 1.807) is 50.4 Å². The van der Waals surface area contributed by atoms with Gasteiger partial charge >= 0.3 is 5.97 Å². The molecule has 182 valence electrons. The molecule has 3 heterocycles. The quantitative estimate of drug-likeness (QED) is 0.523. The normalized spacial score (nSPS) is 26.8. The van der Waals surface area contributed by atoms with Crippen LogP contribution in [0, 0.1) is 18.8 Å². The predicted molar refractivity (Wildman–Crippen MR) is 126 cm³/mol. The Morgan fingerprint density at radius 3 is 2.54 bits per heavy atom. The predicted octanol–water partition coefficient (Wildman–Crippen LogP) is 2.44. The number of amides is 3. The Bertz CT molecular complexity index is 1260. The van der Waals surface area contributed by atoms with Gasteiger partial charge in [-0.2, -0.15) is 0 Å². The Hall–Kier alpha value is -3.43. The van der Waals surface area contributed by atoms with Crippen molar-refractivity contribution in [3.8, 4) is 5.75 Å². The summed E-state index contributed by atoms with van der Waals surface area (Å²) >= 11 is 6.33. The number of hydrogen-bond acceptors (Lipinski definition) is 6. The first-order valence-corrected chi connectivity index (χ1v) is 11.6. The molecule has 2 aromatic rings. The molecule has 3 amide bonds. The molecule has 9 nitrogen and oxygen atoms in total. The van der Waals surface area contributed by atoms with E-state index in [0.29, 0.717) is 22.0 Å². The number of nitrogens with one attached hydrogen (secondary N) is 2. The van der Waals surface area contributed by atoms with E-state index in [9.17, 15) is 24.3 Å². The first-order valence-electron chi connectivity index (χ1n) is 11.3. The molecule has 2 saturated heterocycles. The fourth-order valence-corrected chi connectivity index (χ4v) is 5.96. The summed E-state index contributed by atoms with van der Waals surface area (Å²) in [6.45, 7) is 1.84. The molecule has 3 aliphatic heterocycles. The van der Waals surface area contributed by atoms with E-state index in [0.717, 1.165) is 11.1 Å². The Balaban J connectivity index is 1.58. The number of carboxylic acid groups (broad SMARTS) is 1. The standard InChI is InChI=1S/C25H24ClN3O6/c1-12-9-14(26)10-16-21(12)27-24(34)25(16)20-19(17(28-25)7-8-18(30)31)22(32)29(23(20)33)11-13-3-5-15(35-2)6-4-13/h3-6,9-10,17,19-20,28H,7-8,11H2,1-2H3,(H,27,34)(H,30,31)/t17?,19-,20+,25?/m1/s1. The molecule has 0 aromatic heterocycles. The molecule has 0 radical (unpaired) electrons. The van der Waals surface area contributed by atoms with Crippen LogP contribution in [0.1, 0.15) is 29.5 Å². The highest BCUT2D eigenvalue weighted by Gasteiger charge is 2.70. The summed E-state index contributed by atoms with van der Waals surface area (Å²) in [5, 5.41) is 15.8. The molecule has 1 spiro atoms. The number of fused-ring (bicyclic) bond motifs is 4. The van der Waals surface area contributed by atoms with Gasteiger partial charge in [-0.15, -0.1) is 0 Å². The lowest BCUT2D eigenvalue weighted by molar-refractivity contribution is -0.144. The Morgan fingerprint density at radius 2 is 1.89 bits per heavy atom. The minimum atomic E-state index is -1.51. The zero-order valence-electron chi connectivity index (χ0n) is 19.1. The van der Waals surface area contributed by atoms with E-state index in [4.69, 9.17) is 16.3 Å². The lowest BCUT2D eigenvalue weighted by Gasteiger charge is -2.29. The van der Waals surface area contributed by atoms with E-state index in [1.807, 2.05) is 0 Å². The van der Waals surface area contributed by atoms with E-state index in [-0.39, 0.29) is 19.4 Å². The summed E-state index contributed by atoms with van der Waals surface area (Å²) in [6.07, 6.45) is -0.115. The molecule has 10 heteroatoms. The van der Waals surface area contributed by atoms with Crippen molar-refractivity contribution < 1.29 is 29.0 Å². The molecule has 4 atom stereocenters. The maximum absolute atomic E-state index is 13.8. The van der Waals surface area contributed by atoms with Crippen LogP contribution in [0.15, 0.2) is 36.4 Å². The summed E-state index contributed by atoms with van der Waals surface area (Å²) in [5.74, 6) is -3.61. The van der Waals surface area contributed by atoms with Crippen LogP contribution in [0.5, 0.6) is 5.75 Å². The number of anilines is 1. The van der Waals surface area contributed by atoms with Crippen molar-refractivity contribution in [3.63, 3.8) is 0 Å². The molecule has 0 bridgehead atoms. The number of carbonyl (C=O) groups excluding carboxylic acids is 3. The highest BCUT2D eigenvalue weighted by molar-refractivity contribution is 6.31. The smallest absolute Gasteiger partial charge is 0.303 e. The molecule has 2 aromatic carbocycles. The number of likely N-dealkylation sites (tertiary alicyclic amines) is 1. The van der Waals surface area contributed by atoms with Crippen molar-refractivity contribution in [1.82, 2.24) is 10.2 Å². The van der Waals surface area contributed by atoms with Crippen LogP contribution >= 0.6 is 11.6 Å². The van der Waals surface area contributed by atoms with Gasteiger partial charge in [-0.05, 0) is 48.7 Å². The van der Waals surface area contributed by atoms with Gasteiger partial charge in [-0.3, -0.25) is 29.4 Å². The topological polar surface area (TPSA) is 125 Å². The number of rotatable bonds is 6. The van der Waals surface area contributed by atoms with Crippen molar-refractivity contribution in [2.24, 2.45) is 11.8 Å². The summed E-state index contributed by atoms with van der Waals surface area (Å²) in [4.78, 5) is 53.4. The van der Waals surface area contributed by atoms with Gasteiger partial charge in [0.2, 0.25) is 17.7 Å². The number of methoxy groups -OCH3 is 1. The van der Waals surface area contributed by atoms with Gasteiger partial charge in [-0.1, -0.05) is 23.7 Å². The van der Waals surface area contributed by atoms with Crippen molar-refractivity contribution >= 4 is 41.0 Å². The molecular formula is C25H24ClN3O6. The molecule has 0 aliphatic carbocycles. The fourth-order valence-electron chi connectivity index (χ4n) is 5.69. The third-order valence-electron chi connectivity index (χ3n) is 7.25. The number of benzene rings is 2. The fraction of sp³-hybridized carbons (Fsp3) is 0.360. The minimum absolute atomic E-state index is 0.0411. The number of hydrogen-bond donors (Lipinski definition) is 3. The number of halogens is 1. The van der Waals surface area contributed by atoms with E-state index >= 15 is 0 Å². The van der Waals surface area contributed by atoms with Crippen LogP contribution in [0.3, 0.4) is 0 Å². The Labute approximate surface area is 206 Å². The van der Waals surface area contributed by atoms with Crippen LogP contribution in [-0.4, -0.2) is 46.8 Å². The van der Waals surface area contributed by atoms with Gasteiger partial charge in [0.15, 0.2) is 0 Å². The Kier molecular flexibility index (Phi) is 5.56. The number of carbonyl (C=O) groups is 4. The number of nitrogens with zero attached hydrogens (tertiary/aromatic N) is 1. The molecule has 5 rings (SSSR count). The zero-order chi connectivity index (χ0) is 25.1. The van der Waals surface area contributed by atoms with Gasteiger partial charge in [0.25, 0.3) is 0 Å². The molecule has 2 unspecified atom stereocenters. The largest absolute Gasteiger partial charge is 0.497 e. The van der Waals surface area contributed by atoms with Gasteiger partial charge in [0.05, 0.1) is 25.5 Å². The highest BCUT2D eigenvalue weighted by Crippen LogP contribution is 2.54. The molecule has 0 saturated carbocycles. The summed E-state index contributed by atoms with van der Waals surface area (Å²) < 4.78 is 5.17. The van der Waals surface area contributed by atoms with Gasteiger partial charge in [0.1, 0.15) is 11.3 Å². The van der Waals surface area contributed by atoms with E-state index in [1.165, 1.54) is 4.90 Å². The monoisotopic (exact) mass is 497 g/mol. The average molecular weight is 498 g/mol. The SMILES string of the molecule is COc1ccc(CN2C(=O)[C@@H]3C(CCC(=O)O)NC4(C(=O)Nc5c(C)cc(Cl)cc54)[C@@H]3C2=O)cc1. The number of aryl methyl sites for hydroxylation is 1. The van der Waals surface area contributed by atoms with Crippen molar-refractivity contribution in [2.75, 3.05) is 12.4 Å². The summed E-state index contributed by atoms with van der Waals surface area (Å²) in [5.41, 5.74) is 1.01. The van der Waals surface area contributed by atoms with Crippen LogP contribution in [0.2, 0.25) is 5.02 Å². The van der Waals surface area contributed by atoms with Crippen molar-refractivity contribution in [3.05, 3.63) is 58.1 Å². The Morgan fingerprint density at radius 1 is 1.17 bits per heavy atom. The molecule has 35 heavy (non-hydrogen) atoms. The minimum Gasteiger partial charge on any atom is -0.497 e. The average Bonchev–Trinajstić information content (AvgIpc) is 3.39. The van der Waals surface area contributed by atoms with Gasteiger partial charge in [-0.25, -0.2) is 0 Å². The van der Waals surface area contributed by atoms with E-state index in [2.05, 4.69) is 10.6 Å². The highest BCUT2D eigenvalue weighted by atomic mass is 35.5. The number of imide groups is 1. The number of ether oxygens (including phenoxy) is 1. The molecule has 2 fully saturated rings. The first-order chi connectivity index (χ1) is 16.7. The second kappa shape index (κ2) is 8.35. The lowest BCUT2D eigenvalue weighted by atomic mass is 9.76. The van der Waals surface area contributed by atoms with Gasteiger partial charge in [0, 0.05) is 28.7 Å². The summed E-state index contributed by atoms with van der Waals surface area (Å²) in [6, 6.07) is 9.69. The van der Waals surface area contributed by atoms with Crippen molar-refractivity contribution in [2.45, 2.75) is 37.9 Å². The first kappa shape index (κ1) is 23.3. The third kappa shape index (κ3) is 3.49. The van der Waals surface area contributed by atoms with Crippen LogP contribution in [0.25, 0.3) is 0 Å². The molecular weight excluding hydrogens is 474 g/mol. The maximum atomic E-state index is 13.8. The van der Waals surface area contributed by atoms with E-state index < -0.39 is 47.1 Å². The second-order valence-corrected chi connectivity index (χ2v) is 9.64. The maximum Gasteiger partial charge on any atom is 0.303 e. The van der Waals surface area contributed by atoms with Crippen LogP contribution < -0.4 is 15.4 Å². The zero-order valence-corrected chi connectivity index (χ0v) is 19.9. The number of aliphatic carboxylic acids is 1. The molecule has 3 N–H and O–H groups in total. The van der Waals surface area contributed by atoms with Crippen molar-refractivity contribution in [1.29, 1.82) is 0 Å². The second-order valence-electron chi connectivity index (χ2n) is 9.20. The van der Waals surface area contributed by atoms with Gasteiger partial charge < -0.3 is 15.2 Å². The van der Waals surface area contributed by atoms with Crippen LogP contribution in [0.4, 0.5) is 5.69 Å². The lowest BCUT2D eigenvalue weighted by Crippen LogP contribution is -2.53. The molecule has 3 aliphatic rings. The summed E-state index contributed by atoms with van der Waals surface area (Å²) in [7, 11) is 1.55. The van der Waals surface area contributed by atoms with Crippen LogP contribution in [-0.2, 0) is 31.3 Å². The third-order valence-corrected chi connectivity index (χ3v) is 7.46.